The summed E-state index contributed by atoms with van der Waals surface area (Å²) >= 11 is 1.88. The normalized spacial score (nSPS) is 12.1. The molecular formula is C46H29NS. The zero-order valence-corrected chi connectivity index (χ0v) is 26.9. The summed E-state index contributed by atoms with van der Waals surface area (Å²) in [6, 6.07) is 64.3. The molecule has 1 nitrogen and oxygen atoms in total. The zero-order chi connectivity index (χ0) is 31.6. The molecule has 10 rings (SSSR count). The predicted molar refractivity (Wildman–Crippen MR) is 204 cm³/mol. The number of para-hydroxylation sites is 3. The Hall–Kier alpha value is -5.83. The maximum Gasteiger partial charge on any atom is 0.0619 e. The lowest BCUT2D eigenvalue weighted by Crippen LogP contribution is -1.95. The summed E-state index contributed by atoms with van der Waals surface area (Å²) in [5, 5.41) is 5.19. The van der Waals surface area contributed by atoms with Gasteiger partial charge in [-0.3, -0.25) is 0 Å². The second-order valence-electron chi connectivity index (χ2n) is 12.5. The van der Waals surface area contributed by atoms with Crippen molar-refractivity contribution in [2.24, 2.45) is 0 Å². The van der Waals surface area contributed by atoms with Gasteiger partial charge in [-0.2, -0.15) is 0 Å². The van der Waals surface area contributed by atoms with Gasteiger partial charge in [-0.15, -0.1) is 0 Å². The van der Waals surface area contributed by atoms with Gasteiger partial charge in [0.15, 0.2) is 0 Å². The van der Waals surface area contributed by atoms with Crippen LogP contribution in [0.5, 0.6) is 0 Å². The first-order valence-electron chi connectivity index (χ1n) is 16.4. The van der Waals surface area contributed by atoms with Gasteiger partial charge in [-0.25, -0.2) is 0 Å². The van der Waals surface area contributed by atoms with Crippen LogP contribution in [-0.4, -0.2) is 4.57 Å². The highest BCUT2D eigenvalue weighted by molar-refractivity contribution is 7.99. The van der Waals surface area contributed by atoms with E-state index in [1.807, 2.05) is 11.8 Å². The molecular weight excluding hydrogens is 599 g/mol. The second-order valence-corrected chi connectivity index (χ2v) is 13.6. The van der Waals surface area contributed by atoms with Gasteiger partial charge in [-0.1, -0.05) is 151 Å². The van der Waals surface area contributed by atoms with Gasteiger partial charge in [0.25, 0.3) is 0 Å². The van der Waals surface area contributed by atoms with Crippen molar-refractivity contribution in [2.75, 3.05) is 0 Å². The molecule has 0 atom stereocenters. The van der Waals surface area contributed by atoms with E-state index >= 15 is 0 Å². The first kappa shape index (κ1) is 27.3. The molecule has 0 amide bonds. The number of nitrogens with zero attached hydrogens (tertiary/aromatic N) is 1. The zero-order valence-electron chi connectivity index (χ0n) is 26.1. The van der Waals surface area contributed by atoms with Crippen molar-refractivity contribution in [1.29, 1.82) is 0 Å². The van der Waals surface area contributed by atoms with E-state index in [4.69, 9.17) is 0 Å². The summed E-state index contributed by atoms with van der Waals surface area (Å²) in [5.74, 6) is 0. The summed E-state index contributed by atoms with van der Waals surface area (Å²) in [7, 11) is 0. The second kappa shape index (κ2) is 10.9. The molecule has 9 aromatic rings. The minimum Gasteiger partial charge on any atom is -0.309 e. The third-order valence-corrected chi connectivity index (χ3v) is 11.0. The topological polar surface area (TPSA) is 4.93 Å². The monoisotopic (exact) mass is 627 g/mol. The molecule has 48 heavy (non-hydrogen) atoms. The van der Waals surface area contributed by atoms with Crippen LogP contribution < -0.4 is 0 Å². The third-order valence-electron chi connectivity index (χ3n) is 9.82. The first-order chi connectivity index (χ1) is 23.8. The molecule has 0 bridgehead atoms. The molecule has 1 aliphatic rings. The van der Waals surface area contributed by atoms with Crippen LogP contribution >= 0.6 is 11.8 Å². The molecule has 0 unspecified atom stereocenters. The summed E-state index contributed by atoms with van der Waals surface area (Å²) in [5.41, 5.74) is 13.7. The SMILES string of the molecule is c1ccc(-c2ccc3c(c2)-c2cccc4c(-c5ccc(-c6cccc7c8ccccc8n(-c8ccccc8)c67)cc5)ccc(c24)S3)cc1. The lowest BCUT2D eigenvalue weighted by molar-refractivity contribution is 1.18. The fourth-order valence-corrected chi connectivity index (χ4v) is 8.73. The molecule has 0 radical (unpaired) electrons. The number of rotatable bonds is 4. The van der Waals surface area contributed by atoms with E-state index in [0.29, 0.717) is 0 Å². The molecule has 0 aliphatic carbocycles. The number of aromatic nitrogens is 1. The maximum absolute atomic E-state index is 2.42. The summed E-state index contributed by atoms with van der Waals surface area (Å²) < 4.78 is 2.42. The van der Waals surface area contributed by atoms with Crippen LogP contribution in [0.3, 0.4) is 0 Å². The summed E-state index contributed by atoms with van der Waals surface area (Å²) in [6.45, 7) is 0. The molecule has 0 saturated heterocycles. The van der Waals surface area contributed by atoms with E-state index in [9.17, 15) is 0 Å². The summed E-state index contributed by atoms with van der Waals surface area (Å²) in [6.07, 6.45) is 0. The van der Waals surface area contributed by atoms with Crippen molar-refractivity contribution < 1.29 is 0 Å². The standard InChI is InChI=1S/C46H29NS/c1-3-11-30(12-4-1)33-25-27-43-41(29-33)39-18-10-17-38-35(26-28-44(48-43)45(38)39)31-21-23-32(24-22-31)36-16-9-19-40-37-15-7-8-20-42(37)47(46(36)40)34-13-5-2-6-14-34/h1-29H. The van der Waals surface area contributed by atoms with Gasteiger partial charge in [0, 0.05) is 37.2 Å². The van der Waals surface area contributed by atoms with Crippen molar-refractivity contribution in [3.8, 4) is 50.2 Å². The average Bonchev–Trinajstić information content (AvgIpc) is 3.50. The fraction of sp³-hybridized carbons (Fsp3) is 0. The summed E-state index contributed by atoms with van der Waals surface area (Å²) in [4.78, 5) is 2.63. The van der Waals surface area contributed by atoms with E-state index in [-0.39, 0.29) is 0 Å². The van der Waals surface area contributed by atoms with Crippen LogP contribution in [0.2, 0.25) is 0 Å². The van der Waals surface area contributed by atoms with Crippen molar-refractivity contribution >= 4 is 44.3 Å². The van der Waals surface area contributed by atoms with Crippen molar-refractivity contribution in [1.82, 2.24) is 4.57 Å². The van der Waals surface area contributed by atoms with E-state index in [2.05, 4.69) is 180 Å². The van der Waals surface area contributed by atoms with Gasteiger partial charge in [0.05, 0.1) is 11.0 Å². The quantitative estimate of drug-likeness (QED) is 0.188. The number of fused-ring (bicyclic) bond motifs is 5. The van der Waals surface area contributed by atoms with Gasteiger partial charge in [0.1, 0.15) is 0 Å². The highest BCUT2D eigenvalue weighted by Gasteiger charge is 2.22. The van der Waals surface area contributed by atoms with Crippen LogP contribution in [0.1, 0.15) is 0 Å². The Morgan fingerprint density at radius 3 is 1.79 bits per heavy atom. The molecule has 1 aliphatic heterocycles. The molecule has 224 valence electrons. The molecule has 0 saturated carbocycles. The number of benzene rings is 8. The molecule has 0 N–H and O–H groups in total. The predicted octanol–water partition coefficient (Wildman–Crippen LogP) is 13.1. The van der Waals surface area contributed by atoms with E-state index < -0.39 is 0 Å². The van der Waals surface area contributed by atoms with Crippen LogP contribution in [-0.2, 0) is 0 Å². The highest BCUT2D eigenvalue weighted by Crippen LogP contribution is 2.50. The smallest absolute Gasteiger partial charge is 0.0619 e. The van der Waals surface area contributed by atoms with E-state index in [1.165, 1.54) is 92.6 Å². The fourth-order valence-electron chi connectivity index (χ4n) is 7.62. The van der Waals surface area contributed by atoms with Crippen molar-refractivity contribution in [3.05, 3.63) is 176 Å². The Balaban J connectivity index is 1.10. The third kappa shape index (κ3) is 4.20. The van der Waals surface area contributed by atoms with E-state index in [1.54, 1.807) is 0 Å². The minimum atomic E-state index is 1.17. The highest BCUT2D eigenvalue weighted by atomic mass is 32.2. The average molecular weight is 628 g/mol. The lowest BCUT2D eigenvalue weighted by Gasteiger charge is -2.22. The van der Waals surface area contributed by atoms with Crippen LogP contribution in [0, 0.1) is 0 Å². The van der Waals surface area contributed by atoms with Gasteiger partial charge in [0.2, 0.25) is 0 Å². The van der Waals surface area contributed by atoms with Crippen LogP contribution in [0.25, 0.3) is 82.8 Å². The van der Waals surface area contributed by atoms with Crippen LogP contribution in [0.4, 0.5) is 0 Å². The first-order valence-corrected chi connectivity index (χ1v) is 17.3. The number of hydrogen-bond donors (Lipinski definition) is 0. The van der Waals surface area contributed by atoms with Gasteiger partial charge < -0.3 is 4.57 Å². The lowest BCUT2D eigenvalue weighted by atomic mass is 9.90. The maximum atomic E-state index is 2.42. The molecule has 0 fully saturated rings. The molecule has 0 spiro atoms. The van der Waals surface area contributed by atoms with Crippen LogP contribution in [0.15, 0.2) is 186 Å². The Kier molecular flexibility index (Phi) is 6.18. The Bertz CT molecular complexity index is 2670. The molecule has 1 aromatic heterocycles. The Morgan fingerprint density at radius 2 is 0.979 bits per heavy atom. The van der Waals surface area contributed by atoms with E-state index in [0.717, 1.165) is 0 Å². The molecule has 2 heterocycles. The largest absolute Gasteiger partial charge is 0.309 e. The molecule has 2 heteroatoms. The minimum absolute atomic E-state index is 1.17. The Labute approximate surface area is 283 Å². The Morgan fingerprint density at radius 1 is 0.354 bits per heavy atom. The molecule has 8 aromatic carbocycles. The van der Waals surface area contributed by atoms with Gasteiger partial charge >= 0.3 is 0 Å². The van der Waals surface area contributed by atoms with Crippen molar-refractivity contribution in [3.63, 3.8) is 0 Å². The van der Waals surface area contributed by atoms with Gasteiger partial charge in [-0.05, 0) is 80.7 Å². The van der Waals surface area contributed by atoms with Crippen molar-refractivity contribution in [2.45, 2.75) is 9.79 Å². The number of hydrogen-bond acceptors (Lipinski definition) is 1.